The fourth-order valence-electron chi connectivity index (χ4n) is 1.38. The van der Waals surface area contributed by atoms with Crippen LogP contribution in [-0.2, 0) is 11.3 Å². The lowest BCUT2D eigenvalue weighted by atomic mass is 10.2. The molecule has 2 heterocycles. The van der Waals surface area contributed by atoms with Crippen molar-refractivity contribution in [2.45, 2.75) is 20.5 Å². The largest absolute Gasteiger partial charge is 0.378 e. The van der Waals surface area contributed by atoms with Crippen LogP contribution in [0.3, 0.4) is 0 Å². The first-order valence-electron chi connectivity index (χ1n) is 5.82. The molecule has 0 spiro atoms. The quantitative estimate of drug-likeness (QED) is 0.881. The van der Waals surface area contributed by atoms with Crippen molar-refractivity contribution in [2.75, 3.05) is 19.0 Å². The van der Waals surface area contributed by atoms with Gasteiger partial charge in [-0.05, 0) is 5.92 Å². The standard InChI is InChI=1S/C12H17N3OS2/c1-8(2)4-14-12-15-9(7-17-12)10-5-13-11(18-10)6-16-3/h5,7-8H,4,6H2,1-3H3,(H,14,15). The molecule has 0 fully saturated rings. The first kappa shape index (κ1) is 13.5. The molecule has 2 aromatic heterocycles. The van der Waals surface area contributed by atoms with E-state index in [-0.39, 0.29) is 0 Å². The van der Waals surface area contributed by atoms with E-state index in [1.807, 2.05) is 6.20 Å². The smallest absolute Gasteiger partial charge is 0.183 e. The van der Waals surface area contributed by atoms with Crippen LogP contribution in [0.1, 0.15) is 18.9 Å². The summed E-state index contributed by atoms with van der Waals surface area (Å²) in [6, 6.07) is 0. The Kier molecular flexibility index (Phi) is 4.68. The molecule has 6 heteroatoms. The lowest BCUT2D eigenvalue weighted by Gasteiger charge is -2.04. The van der Waals surface area contributed by atoms with Crippen LogP contribution in [0, 0.1) is 5.92 Å². The fraction of sp³-hybridized carbons (Fsp3) is 0.500. The van der Waals surface area contributed by atoms with Crippen LogP contribution in [-0.4, -0.2) is 23.6 Å². The zero-order chi connectivity index (χ0) is 13.0. The summed E-state index contributed by atoms with van der Waals surface area (Å²) in [5.74, 6) is 0.620. The number of methoxy groups -OCH3 is 1. The zero-order valence-electron chi connectivity index (χ0n) is 10.8. The van der Waals surface area contributed by atoms with Crippen LogP contribution in [0.25, 0.3) is 10.6 Å². The third-order valence-electron chi connectivity index (χ3n) is 2.24. The molecule has 1 N–H and O–H groups in total. The number of aromatic nitrogens is 2. The van der Waals surface area contributed by atoms with Crippen molar-refractivity contribution in [3.05, 3.63) is 16.6 Å². The number of nitrogens with zero attached hydrogens (tertiary/aromatic N) is 2. The average molecular weight is 283 g/mol. The third-order valence-corrected chi connectivity index (χ3v) is 4.03. The van der Waals surface area contributed by atoms with E-state index >= 15 is 0 Å². The van der Waals surface area contributed by atoms with Gasteiger partial charge in [-0.2, -0.15) is 0 Å². The van der Waals surface area contributed by atoms with Crippen molar-refractivity contribution < 1.29 is 4.74 Å². The van der Waals surface area contributed by atoms with Crippen LogP contribution in [0.4, 0.5) is 5.13 Å². The van der Waals surface area contributed by atoms with Crippen LogP contribution < -0.4 is 5.32 Å². The van der Waals surface area contributed by atoms with Crippen molar-refractivity contribution in [2.24, 2.45) is 5.92 Å². The van der Waals surface area contributed by atoms with Gasteiger partial charge < -0.3 is 10.1 Å². The van der Waals surface area contributed by atoms with Gasteiger partial charge in [-0.15, -0.1) is 22.7 Å². The topological polar surface area (TPSA) is 47.0 Å². The first-order valence-corrected chi connectivity index (χ1v) is 7.52. The molecule has 0 radical (unpaired) electrons. The van der Waals surface area contributed by atoms with Gasteiger partial charge in [0, 0.05) is 25.2 Å². The summed E-state index contributed by atoms with van der Waals surface area (Å²) in [5.41, 5.74) is 0.992. The summed E-state index contributed by atoms with van der Waals surface area (Å²) in [6.07, 6.45) is 1.86. The molecular formula is C12H17N3OS2. The molecule has 0 aliphatic heterocycles. The minimum atomic E-state index is 0.563. The van der Waals surface area contributed by atoms with Crippen LogP contribution >= 0.6 is 22.7 Å². The number of hydrogen-bond donors (Lipinski definition) is 1. The van der Waals surface area contributed by atoms with E-state index in [9.17, 15) is 0 Å². The predicted molar refractivity (Wildman–Crippen MR) is 77.3 cm³/mol. The lowest BCUT2D eigenvalue weighted by Crippen LogP contribution is -2.07. The Bertz CT molecular complexity index is 493. The summed E-state index contributed by atoms with van der Waals surface area (Å²) in [6.45, 7) is 5.88. The van der Waals surface area contributed by atoms with Gasteiger partial charge in [0.05, 0.1) is 17.2 Å². The van der Waals surface area contributed by atoms with Gasteiger partial charge in [0.25, 0.3) is 0 Å². The summed E-state index contributed by atoms with van der Waals surface area (Å²) in [5, 5.41) is 7.35. The van der Waals surface area contributed by atoms with Gasteiger partial charge in [0.15, 0.2) is 5.13 Å². The number of anilines is 1. The normalized spacial score (nSPS) is 11.1. The fourth-order valence-corrected chi connectivity index (χ4v) is 3.02. The summed E-state index contributed by atoms with van der Waals surface area (Å²) >= 11 is 3.26. The molecule has 0 unspecified atom stereocenters. The van der Waals surface area contributed by atoms with Gasteiger partial charge in [0.1, 0.15) is 5.01 Å². The van der Waals surface area contributed by atoms with Gasteiger partial charge in [-0.1, -0.05) is 13.8 Å². The lowest BCUT2D eigenvalue weighted by molar-refractivity contribution is 0.184. The Morgan fingerprint density at radius 2 is 2.28 bits per heavy atom. The second kappa shape index (κ2) is 6.26. The molecule has 0 saturated heterocycles. The van der Waals surface area contributed by atoms with Gasteiger partial charge in [-0.25, -0.2) is 9.97 Å². The number of hydrogen-bond acceptors (Lipinski definition) is 6. The molecule has 0 atom stereocenters. The van der Waals surface area contributed by atoms with Crippen molar-refractivity contribution >= 4 is 27.8 Å². The molecular weight excluding hydrogens is 266 g/mol. The van der Waals surface area contributed by atoms with E-state index in [1.165, 1.54) is 0 Å². The van der Waals surface area contributed by atoms with Gasteiger partial charge >= 0.3 is 0 Å². The van der Waals surface area contributed by atoms with E-state index < -0.39 is 0 Å². The molecule has 0 aromatic carbocycles. The highest BCUT2D eigenvalue weighted by molar-refractivity contribution is 7.16. The molecule has 2 aromatic rings. The molecule has 0 aliphatic carbocycles. The van der Waals surface area contributed by atoms with E-state index in [0.29, 0.717) is 12.5 Å². The number of ether oxygens (including phenoxy) is 1. The Hall–Kier alpha value is -0.980. The Labute approximate surface area is 115 Å². The Morgan fingerprint density at radius 3 is 3.00 bits per heavy atom. The molecule has 2 rings (SSSR count). The van der Waals surface area contributed by atoms with Crippen LogP contribution in [0.15, 0.2) is 11.6 Å². The highest BCUT2D eigenvalue weighted by atomic mass is 32.1. The Balaban J connectivity index is 2.04. The predicted octanol–water partition coefficient (Wildman–Crippen LogP) is 3.48. The van der Waals surface area contributed by atoms with Crippen molar-refractivity contribution in [1.29, 1.82) is 0 Å². The molecule has 0 saturated carbocycles. The number of thiazole rings is 2. The van der Waals surface area contributed by atoms with E-state index in [2.05, 4.69) is 34.5 Å². The molecule has 4 nitrogen and oxygen atoms in total. The molecule has 98 valence electrons. The first-order chi connectivity index (χ1) is 8.69. The number of rotatable bonds is 6. The maximum Gasteiger partial charge on any atom is 0.183 e. The minimum absolute atomic E-state index is 0.563. The van der Waals surface area contributed by atoms with Gasteiger partial charge in [-0.3, -0.25) is 0 Å². The van der Waals surface area contributed by atoms with Gasteiger partial charge in [0.2, 0.25) is 0 Å². The summed E-state index contributed by atoms with van der Waals surface area (Å²) in [7, 11) is 1.68. The number of nitrogens with one attached hydrogen (secondary N) is 1. The highest BCUT2D eigenvalue weighted by Gasteiger charge is 2.08. The second-order valence-electron chi connectivity index (χ2n) is 4.36. The third kappa shape index (κ3) is 3.51. The van der Waals surface area contributed by atoms with Crippen molar-refractivity contribution in [1.82, 2.24) is 9.97 Å². The van der Waals surface area contributed by atoms with Crippen molar-refractivity contribution in [3.8, 4) is 10.6 Å². The Morgan fingerprint density at radius 1 is 1.44 bits per heavy atom. The SMILES string of the molecule is COCc1ncc(-c2csc(NCC(C)C)n2)s1. The minimum Gasteiger partial charge on any atom is -0.378 e. The highest BCUT2D eigenvalue weighted by Crippen LogP contribution is 2.29. The van der Waals surface area contributed by atoms with E-state index in [0.717, 1.165) is 27.3 Å². The van der Waals surface area contributed by atoms with Crippen LogP contribution in [0.2, 0.25) is 0 Å². The van der Waals surface area contributed by atoms with Crippen molar-refractivity contribution in [3.63, 3.8) is 0 Å². The average Bonchev–Trinajstić information content (AvgIpc) is 2.94. The maximum absolute atomic E-state index is 5.06. The maximum atomic E-state index is 5.06. The van der Waals surface area contributed by atoms with E-state index in [1.54, 1.807) is 29.8 Å². The molecule has 18 heavy (non-hydrogen) atoms. The molecule has 0 amide bonds. The second-order valence-corrected chi connectivity index (χ2v) is 6.34. The molecule has 0 aliphatic rings. The van der Waals surface area contributed by atoms with Crippen LogP contribution in [0.5, 0.6) is 0 Å². The monoisotopic (exact) mass is 283 g/mol. The summed E-state index contributed by atoms with van der Waals surface area (Å²) < 4.78 is 5.06. The molecule has 0 bridgehead atoms. The summed E-state index contributed by atoms with van der Waals surface area (Å²) in [4.78, 5) is 9.96. The van der Waals surface area contributed by atoms with E-state index in [4.69, 9.17) is 4.74 Å². The zero-order valence-corrected chi connectivity index (χ0v) is 12.4.